The predicted molar refractivity (Wildman–Crippen MR) is 92.1 cm³/mol. The zero-order valence-electron chi connectivity index (χ0n) is 14.5. The number of carbonyl (C=O) groups excluding carboxylic acids is 2. The van der Waals surface area contributed by atoms with Crippen molar-refractivity contribution in [2.45, 2.75) is 33.3 Å². The minimum atomic E-state index is -0.388. The lowest BCUT2D eigenvalue weighted by Crippen LogP contribution is -2.30. The first kappa shape index (κ1) is 20.1. The van der Waals surface area contributed by atoms with Crippen LogP contribution in [0, 0.1) is 5.92 Å². The molecule has 1 rings (SSSR count). The van der Waals surface area contributed by atoms with E-state index in [-0.39, 0.29) is 31.6 Å². The highest BCUT2D eigenvalue weighted by atomic mass is 16.7. The Kier molecular flexibility index (Phi) is 10.5. The smallest absolute Gasteiger partial charge is 0.309 e. The summed E-state index contributed by atoms with van der Waals surface area (Å²) in [5.74, 6) is 0.104. The third-order valence-electron chi connectivity index (χ3n) is 3.15. The molecule has 0 fully saturated rings. The Hall–Kier alpha value is -1.92. The van der Waals surface area contributed by atoms with Crippen molar-refractivity contribution < 1.29 is 19.1 Å². The number of carbonyl (C=O) groups is 2. The summed E-state index contributed by atoms with van der Waals surface area (Å²) >= 11 is 0. The summed E-state index contributed by atoms with van der Waals surface area (Å²) < 4.78 is 10.2. The molecular formula is C18H28N2O4. The lowest BCUT2D eigenvalue weighted by atomic mass is 10.2. The molecule has 24 heavy (non-hydrogen) atoms. The van der Waals surface area contributed by atoms with Crippen molar-refractivity contribution in [2.75, 3.05) is 26.4 Å². The standard InChI is InChI=1S/C18H28N2O4/c1-15(2)12-19-10-8-17(21)20-11-9-18(22)24-14-23-13-16-6-4-3-5-7-16/h3-7,15,19H,8-14H2,1-2H3,(H,20,21). The molecule has 1 aromatic carbocycles. The molecule has 134 valence electrons. The number of rotatable bonds is 12. The second-order valence-corrected chi connectivity index (χ2v) is 5.92. The summed E-state index contributed by atoms with van der Waals surface area (Å²) in [6, 6.07) is 9.65. The van der Waals surface area contributed by atoms with Crippen molar-refractivity contribution in [3.8, 4) is 0 Å². The summed E-state index contributed by atoms with van der Waals surface area (Å²) in [6.45, 7) is 6.35. The molecule has 0 heterocycles. The van der Waals surface area contributed by atoms with E-state index >= 15 is 0 Å². The maximum Gasteiger partial charge on any atom is 0.309 e. The number of amides is 1. The minimum absolute atomic E-state index is 0.0700. The molecule has 0 bridgehead atoms. The van der Waals surface area contributed by atoms with Crippen LogP contribution in [0.15, 0.2) is 30.3 Å². The Labute approximate surface area is 143 Å². The van der Waals surface area contributed by atoms with Crippen LogP contribution in [-0.4, -0.2) is 38.3 Å². The Balaban J connectivity index is 1.96. The van der Waals surface area contributed by atoms with E-state index in [0.717, 1.165) is 12.1 Å². The maximum atomic E-state index is 11.6. The second kappa shape index (κ2) is 12.5. The van der Waals surface area contributed by atoms with Crippen LogP contribution in [-0.2, 0) is 25.7 Å². The summed E-state index contributed by atoms with van der Waals surface area (Å²) in [6.07, 6.45) is 0.543. The highest BCUT2D eigenvalue weighted by molar-refractivity contribution is 5.77. The number of hydrogen-bond acceptors (Lipinski definition) is 5. The Morgan fingerprint density at radius 1 is 1.08 bits per heavy atom. The molecule has 2 N–H and O–H groups in total. The van der Waals surface area contributed by atoms with Gasteiger partial charge in [-0.2, -0.15) is 0 Å². The van der Waals surface area contributed by atoms with Crippen LogP contribution in [0.1, 0.15) is 32.3 Å². The molecule has 0 atom stereocenters. The quantitative estimate of drug-likeness (QED) is 0.346. The Bertz CT molecular complexity index is 477. The van der Waals surface area contributed by atoms with Gasteiger partial charge in [0.15, 0.2) is 6.79 Å². The van der Waals surface area contributed by atoms with Gasteiger partial charge >= 0.3 is 5.97 Å². The molecular weight excluding hydrogens is 308 g/mol. The molecule has 6 nitrogen and oxygen atoms in total. The third-order valence-corrected chi connectivity index (χ3v) is 3.15. The Morgan fingerprint density at radius 2 is 1.83 bits per heavy atom. The van der Waals surface area contributed by atoms with Crippen molar-refractivity contribution in [2.24, 2.45) is 5.92 Å². The SMILES string of the molecule is CC(C)CNCCC(=O)NCCC(=O)OCOCc1ccccc1. The molecule has 1 aromatic rings. The molecule has 0 saturated carbocycles. The molecule has 0 aliphatic heterocycles. The monoisotopic (exact) mass is 336 g/mol. The van der Waals surface area contributed by atoms with Gasteiger partial charge < -0.3 is 20.1 Å². The third kappa shape index (κ3) is 10.7. The van der Waals surface area contributed by atoms with Crippen LogP contribution >= 0.6 is 0 Å². The molecule has 0 aliphatic rings. The zero-order chi connectivity index (χ0) is 17.6. The van der Waals surface area contributed by atoms with Crippen molar-refractivity contribution in [3.63, 3.8) is 0 Å². The molecule has 0 spiro atoms. The van der Waals surface area contributed by atoms with Gasteiger partial charge in [0.05, 0.1) is 13.0 Å². The normalized spacial score (nSPS) is 10.6. The maximum absolute atomic E-state index is 11.6. The molecule has 0 aliphatic carbocycles. The van der Waals surface area contributed by atoms with E-state index in [4.69, 9.17) is 9.47 Å². The first-order valence-corrected chi connectivity index (χ1v) is 8.32. The van der Waals surface area contributed by atoms with Gasteiger partial charge in [0.25, 0.3) is 0 Å². The van der Waals surface area contributed by atoms with Crippen LogP contribution in [0.25, 0.3) is 0 Å². The van der Waals surface area contributed by atoms with Gasteiger partial charge in [0.2, 0.25) is 5.91 Å². The van der Waals surface area contributed by atoms with E-state index in [2.05, 4.69) is 24.5 Å². The molecule has 0 saturated heterocycles. The van der Waals surface area contributed by atoms with Crippen LogP contribution < -0.4 is 10.6 Å². The van der Waals surface area contributed by atoms with Gasteiger partial charge in [-0.1, -0.05) is 44.2 Å². The summed E-state index contributed by atoms with van der Waals surface area (Å²) in [7, 11) is 0. The summed E-state index contributed by atoms with van der Waals surface area (Å²) in [5, 5.41) is 5.89. The lowest BCUT2D eigenvalue weighted by Gasteiger charge is -2.08. The minimum Gasteiger partial charge on any atom is -0.438 e. The first-order valence-electron chi connectivity index (χ1n) is 8.32. The fourth-order valence-corrected chi connectivity index (χ4v) is 1.90. The average molecular weight is 336 g/mol. The van der Waals surface area contributed by atoms with E-state index in [1.807, 2.05) is 30.3 Å². The summed E-state index contributed by atoms with van der Waals surface area (Å²) in [4.78, 5) is 23.1. The number of esters is 1. The molecule has 0 radical (unpaired) electrons. The predicted octanol–water partition coefficient (Wildman–Crippen LogP) is 1.85. The van der Waals surface area contributed by atoms with Gasteiger partial charge in [-0.05, 0) is 18.0 Å². The van der Waals surface area contributed by atoms with Gasteiger partial charge in [-0.25, -0.2) is 0 Å². The van der Waals surface area contributed by atoms with Crippen molar-refractivity contribution in [1.29, 1.82) is 0 Å². The highest BCUT2D eigenvalue weighted by Crippen LogP contribution is 2.00. The van der Waals surface area contributed by atoms with E-state index in [1.165, 1.54) is 0 Å². The second-order valence-electron chi connectivity index (χ2n) is 5.92. The van der Waals surface area contributed by atoms with E-state index < -0.39 is 0 Å². The van der Waals surface area contributed by atoms with E-state index in [1.54, 1.807) is 0 Å². The number of benzene rings is 1. The number of ether oxygens (including phenoxy) is 2. The van der Waals surface area contributed by atoms with Gasteiger partial charge in [-0.3, -0.25) is 9.59 Å². The van der Waals surface area contributed by atoms with Gasteiger partial charge in [0, 0.05) is 19.5 Å². The van der Waals surface area contributed by atoms with Gasteiger partial charge in [0.1, 0.15) is 0 Å². The molecule has 6 heteroatoms. The van der Waals surface area contributed by atoms with E-state index in [0.29, 0.717) is 25.5 Å². The molecule has 1 amide bonds. The van der Waals surface area contributed by atoms with Crippen LogP contribution in [0.4, 0.5) is 0 Å². The fraction of sp³-hybridized carbons (Fsp3) is 0.556. The van der Waals surface area contributed by atoms with Crippen LogP contribution in [0.3, 0.4) is 0 Å². The number of hydrogen-bond donors (Lipinski definition) is 2. The van der Waals surface area contributed by atoms with Crippen LogP contribution in [0.5, 0.6) is 0 Å². The molecule has 0 aromatic heterocycles. The van der Waals surface area contributed by atoms with Gasteiger partial charge in [-0.15, -0.1) is 0 Å². The topological polar surface area (TPSA) is 76.7 Å². The average Bonchev–Trinajstić information content (AvgIpc) is 2.56. The highest BCUT2D eigenvalue weighted by Gasteiger charge is 2.05. The first-order chi connectivity index (χ1) is 11.6. The van der Waals surface area contributed by atoms with Crippen molar-refractivity contribution >= 4 is 11.9 Å². The fourth-order valence-electron chi connectivity index (χ4n) is 1.90. The summed E-state index contributed by atoms with van der Waals surface area (Å²) in [5.41, 5.74) is 1.02. The van der Waals surface area contributed by atoms with Crippen molar-refractivity contribution in [1.82, 2.24) is 10.6 Å². The van der Waals surface area contributed by atoms with Crippen LogP contribution in [0.2, 0.25) is 0 Å². The number of nitrogens with one attached hydrogen (secondary N) is 2. The zero-order valence-corrected chi connectivity index (χ0v) is 14.5. The van der Waals surface area contributed by atoms with Crippen molar-refractivity contribution in [3.05, 3.63) is 35.9 Å². The molecule has 0 unspecified atom stereocenters. The lowest BCUT2D eigenvalue weighted by molar-refractivity contribution is -0.157. The Morgan fingerprint density at radius 3 is 2.54 bits per heavy atom. The van der Waals surface area contributed by atoms with E-state index in [9.17, 15) is 9.59 Å². The largest absolute Gasteiger partial charge is 0.438 e.